The lowest BCUT2D eigenvalue weighted by atomic mass is 10.0. The van der Waals surface area contributed by atoms with Crippen molar-refractivity contribution in [2.24, 2.45) is 0 Å². The highest BCUT2D eigenvalue weighted by Crippen LogP contribution is 2.32. The van der Waals surface area contributed by atoms with Crippen LogP contribution >= 0.6 is 34.8 Å². The van der Waals surface area contributed by atoms with Gasteiger partial charge >= 0.3 is 0 Å². The molecule has 0 saturated heterocycles. The van der Waals surface area contributed by atoms with Gasteiger partial charge in [-0.15, -0.1) is 0 Å². The Morgan fingerprint density at radius 1 is 0.455 bits per heavy atom. The van der Waals surface area contributed by atoms with Gasteiger partial charge in [0.2, 0.25) is 0 Å². The Bertz CT molecular complexity index is 217. The molecule has 0 rings (SSSR count). The van der Waals surface area contributed by atoms with Crippen molar-refractivity contribution in [2.45, 2.75) is 113 Å². The SMILES string of the molecule is [SiH3]CCCCCCCCCCCCCCCCCC(Cl)(Cl)Cl. The molecule has 0 nitrogen and oxygen atoms in total. The summed E-state index contributed by atoms with van der Waals surface area (Å²) in [5.41, 5.74) is 0. The van der Waals surface area contributed by atoms with Gasteiger partial charge in [-0.3, -0.25) is 0 Å². The largest absolute Gasteiger partial charge is 0.190 e. The highest BCUT2D eigenvalue weighted by Gasteiger charge is 2.17. The van der Waals surface area contributed by atoms with E-state index in [-0.39, 0.29) is 0 Å². The topological polar surface area (TPSA) is 0 Å². The Balaban J connectivity index is 3.00. The van der Waals surface area contributed by atoms with Crippen LogP contribution in [0.3, 0.4) is 0 Å². The molecular formula is C18H37Cl3Si. The Hall–Kier alpha value is 1.09. The third-order valence-corrected chi connectivity index (χ3v) is 5.59. The summed E-state index contributed by atoms with van der Waals surface area (Å²) in [6.45, 7) is 0. The fourth-order valence-corrected chi connectivity index (χ4v) is 3.77. The predicted octanol–water partition coefficient (Wildman–Crippen LogP) is 7.38. The molecule has 0 heterocycles. The van der Waals surface area contributed by atoms with E-state index in [1.54, 1.807) is 0 Å². The second-order valence-corrected chi connectivity index (χ2v) is 10.2. The number of unbranched alkanes of at least 4 members (excludes halogenated alkanes) is 14. The summed E-state index contributed by atoms with van der Waals surface area (Å²) >= 11 is 17.2. The fourth-order valence-electron chi connectivity index (χ4n) is 2.87. The molecule has 134 valence electrons. The summed E-state index contributed by atoms with van der Waals surface area (Å²) in [5.74, 6) is 0. The van der Waals surface area contributed by atoms with Crippen molar-refractivity contribution in [3.05, 3.63) is 0 Å². The first-order valence-corrected chi connectivity index (χ1v) is 12.2. The molecule has 22 heavy (non-hydrogen) atoms. The van der Waals surface area contributed by atoms with E-state index in [1.165, 1.54) is 106 Å². The molecule has 0 aromatic rings. The van der Waals surface area contributed by atoms with Crippen LogP contribution in [0.15, 0.2) is 0 Å². The van der Waals surface area contributed by atoms with Crippen LogP contribution in [-0.2, 0) is 0 Å². The molecule has 0 aromatic heterocycles. The van der Waals surface area contributed by atoms with Crippen molar-refractivity contribution >= 4 is 45.0 Å². The molecule has 0 aromatic carbocycles. The molecule has 0 fully saturated rings. The molecule has 0 spiro atoms. The molecule has 0 aliphatic heterocycles. The van der Waals surface area contributed by atoms with Gasteiger partial charge < -0.3 is 0 Å². The summed E-state index contributed by atoms with van der Waals surface area (Å²) in [6.07, 6.45) is 21.5. The molecule has 0 saturated carbocycles. The fraction of sp³-hybridized carbons (Fsp3) is 1.00. The summed E-state index contributed by atoms with van der Waals surface area (Å²) in [7, 11) is 1.39. The molecule has 0 aliphatic rings. The molecule has 0 unspecified atom stereocenters. The lowest BCUT2D eigenvalue weighted by Crippen LogP contribution is -2.00. The zero-order valence-electron chi connectivity index (χ0n) is 14.7. The molecule has 4 heteroatoms. The Morgan fingerprint density at radius 3 is 1.00 bits per heavy atom. The molecular weight excluding hydrogens is 351 g/mol. The minimum absolute atomic E-state index is 0.692. The van der Waals surface area contributed by atoms with Crippen LogP contribution in [0.5, 0.6) is 0 Å². The predicted molar refractivity (Wildman–Crippen MR) is 109 cm³/mol. The normalized spacial score (nSPS) is 12.1. The quantitative estimate of drug-likeness (QED) is 0.147. The zero-order valence-corrected chi connectivity index (χ0v) is 18.9. The van der Waals surface area contributed by atoms with E-state index in [4.69, 9.17) is 34.8 Å². The summed E-state index contributed by atoms with van der Waals surface area (Å²) < 4.78 is -1.04. The first kappa shape index (κ1) is 23.1. The third-order valence-electron chi connectivity index (χ3n) is 4.31. The highest BCUT2D eigenvalue weighted by molar-refractivity contribution is 6.67. The minimum atomic E-state index is -1.04. The van der Waals surface area contributed by atoms with Crippen molar-refractivity contribution in [3.8, 4) is 0 Å². The van der Waals surface area contributed by atoms with E-state index in [0.29, 0.717) is 6.42 Å². The number of hydrogen-bond acceptors (Lipinski definition) is 0. The lowest BCUT2D eigenvalue weighted by Gasteiger charge is -2.09. The smallest absolute Gasteiger partial charge is 0.0837 e. The van der Waals surface area contributed by atoms with Gasteiger partial charge in [0.05, 0.1) is 0 Å². The van der Waals surface area contributed by atoms with Crippen molar-refractivity contribution in [3.63, 3.8) is 0 Å². The molecule has 0 N–H and O–H groups in total. The number of alkyl halides is 3. The van der Waals surface area contributed by atoms with E-state index < -0.39 is 3.79 Å². The third kappa shape index (κ3) is 21.1. The van der Waals surface area contributed by atoms with Crippen LogP contribution in [0.25, 0.3) is 0 Å². The number of rotatable bonds is 16. The lowest BCUT2D eigenvalue weighted by molar-refractivity contribution is 0.530. The van der Waals surface area contributed by atoms with Crippen molar-refractivity contribution in [1.82, 2.24) is 0 Å². The summed E-state index contributed by atoms with van der Waals surface area (Å²) in [4.78, 5) is 0. The van der Waals surface area contributed by atoms with Gasteiger partial charge in [0, 0.05) is 10.2 Å². The van der Waals surface area contributed by atoms with Gasteiger partial charge in [-0.05, 0) is 12.8 Å². The van der Waals surface area contributed by atoms with Crippen LogP contribution in [0, 0.1) is 0 Å². The van der Waals surface area contributed by atoms with Gasteiger partial charge in [0.15, 0.2) is 3.79 Å². The number of hydrogen-bond donors (Lipinski definition) is 0. The molecule has 0 atom stereocenters. The van der Waals surface area contributed by atoms with E-state index in [0.717, 1.165) is 6.42 Å². The molecule has 0 aliphatic carbocycles. The summed E-state index contributed by atoms with van der Waals surface area (Å²) in [5, 5.41) is 0. The molecule has 0 amide bonds. The van der Waals surface area contributed by atoms with Gasteiger partial charge in [-0.25, -0.2) is 0 Å². The van der Waals surface area contributed by atoms with Crippen LogP contribution in [0.4, 0.5) is 0 Å². The van der Waals surface area contributed by atoms with Crippen LogP contribution in [0.2, 0.25) is 6.04 Å². The monoisotopic (exact) mass is 386 g/mol. The van der Waals surface area contributed by atoms with E-state index >= 15 is 0 Å². The number of halogens is 3. The van der Waals surface area contributed by atoms with Crippen LogP contribution < -0.4 is 0 Å². The first-order valence-electron chi connectivity index (χ1n) is 9.63. The van der Waals surface area contributed by atoms with Crippen molar-refractivity contribution in [2.75, 3.05) is 0 Å². The van der Waals surface area contributed by atoms with E-state index in [1.807, 2.05) is 0 Å². The average molecular weight is 388 g/mol. The maximum Gasteiger partial charge on any atom is 0.190 e. The first-order chi connectivity index (χ1) is 10.6. The average Bonchev–Trinajstić information content (AvgIpc) is 2.45. The van der Waals surface area contributed by atoms with Crippen molar-refractivity contribution in [1.29, 1.82) is 0 Å². The minimum Gasteiger partial charge on any atom is -0.0837 e. The Morgan fingerprint density at radius 2 is 0.727 bits per heavy atom. The van der Waals surface area contributed by atoms with Crippen molar-refractivity contribution < 1.29 is 0 Å². The maximum absolute atomic E-state index is 5.73. The Kier molecular flexibility index (Phi) is 17.8. The molecule has 0 radical (unpaired) electrons. The zero-order chi connectivity index (χ0) is 16.5. The van der Waals surface area contributed by atoms with Gasteiger partial charge in [0.25, 0.3) is 0 Å². The van der Waals surface area contributed by atoms with E-state index in [9.17, 15) is 0 Å². The summed E-state index contributed by atoms with van der Waals surface area (Å²) in [6, 6.07) is 1.49. The second kappa shape index (κ2) is 16.9. The van der Waals surface area contributed by atoms with Gasteiger partial charge in [0.1, 0.15) is 0 Å². The second-order valence-electron chi connectivity index (χ2n) is 6.67. The highest BCUT2D eigenvalue weighted by atomic mass is 35.6. The van der Waals surface area contributed by atoms with Gasteiger partial charge in [-0.2, -0.15) is 0 Å². The van der Waals surface area contributed by atoms with Gasteiger partial charge in [-0.1, -0.05) is 131 Å². The Labute approximate surface area is 157 Å². The van der Waals surface area contributed by atoms with Crippen LogP contribution in [0.1, 0.15) is 103 Å². The standard InChI is InChI=1S/C18H37Cl3Si/c19-18(20,21)16-14-12-10-8-6-4-2-1-3-5-7-9-11-13-15-17-22/h1-17H2,22H3. The maximum atomic E-state index is 5.73. The molecule has 0 bridgehead atoms. The van der Waals surface area contributed by atoms with Crippen LogP contribution in [-0.4, -0.2) is 14.0 Å². The van der Waals surface area contributed by atoms with E-state index in [2.05, 4.69) is 0 Å².